The Hall–Kier alpha value is -1.30. The number of carbonyl (C=O) groups is 2. The van der Waals surface area contributed by atoms with Crippen molar-refractivity contribution >= 4 is 11.9 Å². The Balaban J connectivity index is 1.75. The van der Waals surface area contributed by atoms with Gasteiger partial charge in [0.05, 0.1) is 0 Å². The van der Waals surface area contributed by atoms with E-state index in [0.29, 0.717) is 19.5 Å². The van der Waals surface area contributed by atoms with E-state index in [1.54, 1.807) is 19.0 Å². The van der Waals surface area contributed by atoms with Gasteiger partial charge < -0.3 is 20.0 Å². The fraction of sp³-hybridized carbons (Fsp3) is 0.867. The van der Waals surface area contributed by atoms with Crippen LogP contribution in [0.3, 0.4) is 0 Å². The molecule has 0 aromatic rings. The first-order chi connectivity index (χ1) is 9.97. The van der Waals surface area contributed by atoms with Crippen molar-refractivity contribution < 1.29 is 9.59 Å². The molecule has 0 unspecified atom stereocenters. The van der Waals surface area contributed by atoms with Crippen LogP contribution in [0, 0.1) is 11.3 Å². The smallest absolute Gasteiger partial charge is 0.319 e. The molecule has 0 aromatic heterocycles. The highest BCUT2D eigenvalue weighted by atomic mass is 16.2. The third kappa shape index (κ3) is 3.31. The first-order valence-electron chi connectivity index (χ1n) is 7.93. The second-order valence-electron chi connectivity index (χ2n) is 7.23. The van der Waals surface area contributed by atoms with Gasteiger partial charge in [0.1, 0.15) is 0 Å². The lowest BCUT2D eigenvalue weighted by molar-refractivity contribution is -0.119. The van der Waals surface area contributed by atoms with Gasteiger partial charge >= 0.3 is 6.03 Å². The van der Waals surface area contributed by atoms with Crippen LogP contribution in [0.5, 0.6) is 0 Å². The van der Waals surface area contributed by atoms with Crippen LogP contribution < -0.4 is 5.32 Å². The van der Waals surface area contributed by atoms with Crippen LogP contribution in [-0.2, 0) is 4.79 Å². The Morgan fingerprint density at radius 1 is 1.33 bits per heavy atom. The molecule has 0 radical (unpaired) electrons. The summed E-state index contributed by atoms with van der Waals surface area (Å²) < 4.78 is 0. The largest absolute Gasteiger partial charge is 0.355 e. The molecule has 3 amide bonds. The molecule has 21 heavy (non-hydrogen) atoms. The van der Waals surface area contributed by atoms with E-state index in [9.17, 15) is 9.59 Å². The molecule has 1 atom stereocenters. The number of nitrogens with zero attached hydrogens (tertiary/aromatic N) is 3. The van der Waals surface area contributed by atoms with Gasteiger partial charge in [-0.2, -0.15) is 0 Å². The second kappa shape index (κ2) is 5.48. The SMILES string of the molecule is CN(C)C(=O)N1CCN(CC2CC2)C[C@]2(CNC(=O)C2)C1. The maximum Gasteiger partial charge on any atom is 0.319 e. The van der Waals surface area contributed by atoms with Crippen LogP contribution in [0.1, 0.15) is 19.3 Å². The van der Waals surface area contributed by atoms with E-state index in [-0.39, 0.29) is 17.4 Å². The van der Waals surface area contributed by atoms with E-state index in [0.717, 1.165) is 32.1 Å². The summed E-state index contributed by atoms with van der Waals surface area (Å²) in [5.74, 6) is 0.962. The molecule has 1 saturated carbocycles. The predicted octanol–water partition coefficient (Wildman–Crippen LogP) is 0.202. The molecule has 2 aliphatic heterocycles. The van der Waals surface area contributed by atoms with Gasteiger partial charge in [0.2, 0.25) is 5.91 Å². The highest BCUT2D eigenvalue weighted by molar-refractivity contribution is 5.80. The molecule has 3 aliphatic rings. The van der Waals surface area contributed by atoms with E-state index in [1.165, 1.54) is 12.8 Å². The summed E-state index contributed by atoms with van der Waals surface area (Å²) >= 11 is 0. The highest BCUT2D eigenvalue weighted by Gasteiger charge is 2.44. The van der Waals surface area contributed by atoms with Crippen molar-refractivity contribution in [2.24, 2.45) is 11.3 Å². The minimum atomic E-state index is -0.103. The number of hydrogen-bond donors (Lipinski definition) is 1. The second-order valence-corrected chi connectivity index (χ2v) is 7.23. The molecular weight excluding hydrogens is 268 g/mol. The monoisotopic (exact) mass is 294 g/mol. The Morgan fingerprint density at radius 3 is 2.67 bits per heavy atom. The van der Waals surface area contributed by atoms with Crippen molar-refractivity contribution in [3.63, 3.8) is 0 Å². The molecule has 3 rings (SSSR count). The molecule has 1 spiro atoms. The summed E-state index contributed by atoms with van der Waals surface area (Å²) in [5.41, 5.74) is -0.103. The molecule has 1 aliphatic carbocycles. The van der Waals surface area contributed by atoms with Crippen LogP contribution in [0.15, 0.2) is 0 Å². The molecule has 0 bridgehead atoms. The van der Waals surface area contributed by atoms with Gasteiger partial charge in [-0.15, -0.1) is 0 Å². The van der Waals surface area contributed by atoms with Gasteiger partial charge in [0.15, 0.2) is 0 Å². The summed E-state index contributed by atoms with van der Waals surface area (Å²) in [7, 11) is 3.58. The average Bonchev–Trinajstić information content (AvgIpc) is 3.18. The molecule has 3 fully saturated rings. The lowest BCUT2D eigenvalue weighted by Gasteiger charge is -2.33. The van der Waals surface area contributed by atoms with Gasteiger partial charge in [-0.3, -0.25) is 4.79 Å². The van der Waals surface area contributed by atoms with Gasteiger partial charge in [-0.25, -0.2) is 4.79 Å². The summed E-state index contributed by atoms with van der Waals surface area (Å²) in [4.78, 5) is 30.1. The molecule has 2 heterocycles. The predicted molar refractivity (Wildman–Crippen MR) is 79.9 cm³/mol. The lowest BCUT2D eigenvalue weighted by atomic mass is 9.86. The third-order valence-corrected chi connectivity index (χ3v) is 4.83. The van der Waals surface area contributed by atoms with E-state index >= 15 is 0 Å². The van der Waals surface area contributed by atoms with Crippen LogP contribution in [-0.4, -0.2) is 80.0 Å². The van der Waals surface area contributed by atoms with Crippen molar-refractivity contribution in [3.05, 3.63) is 0 Å². The number of amides is 3. The van der Waals surface area contributed by atoms with Crippen molar-refractivity contribution in [2.45, 2.75) is 19.3 Å². The fourth-order valence-corrected chi connectivity index (χ4v) is 3.59. The molecular formula is C15H26N4O2. The van der Waals surface area contributed by atoms with Gasteiger partial charge in [0, 0.05) is 65.2 Å². The molecule has 118 valence electrons. The summed E-state index contributed by atoms with van der Waals surface area (Å²) in [6.45, 7) is 5.12. The Morgan fingerprint density at radius 2 is 2.10 bits per heavy atom. The minimum Gasteiger partial charge on any atom is -0.355 e. The zero-order chi connectivity index (χ0) is 15.0. The van der Waals surface area contributed by atoms with Gasteiger partial charge in [-0.05, 0) is 18.8 Å². The van der Waals surface area contributed by atoms with Gasteiger partial charge in [-0.1, -0.05) is 0 Å². The summed E-state index contributed by atoms with van der Waals surface area (Å²) in [6, 6.07) is 0.0574. The zero-order valence-corrected chi connectivity index (χ0v) is 13.1. The Labute approximate surface area is 126 Å². The average molecular weight is 294 g/mol. The van der Waals surface area contributed by atoms with E-state index in [2.05, 4.69) is 10.2 Å². The summed E-state index contributed by atoms with van der Waals surface area (Å²) in [6.07, 6.45) is 3.22. The van der Waals surface area contributed by atoms with Crippen molar-refractivity contribution in [1.29, 1.82) is 0 Å². The molecule has 0 aromatic carbocycles. The quantitative estimate of drug-likeness (QED) is 0.792. The third-order valence-electron chi connectivity index (χ3n) is 4.83. The van der Waals surface area contributed by atoms with E-state index in [4.69, 9.17) is 0 Å². The minimum absolute atomic E-state index is 0.0574. The van der Waals surface area contributed by atoms with Crippen LogP contribution in [0.2, 0.25) is 0 Å². The normalized spacial score (nSPS) is 30.4. The Kier molecular flexibility index (Phi) is 3.82. The van der Waals surface area contributed by atoms with Crippen molar-refractivity contribution in [2.75, 3.05) is 53.4 Å². The summed E-state index contributed by atoms with van der Waals surface area (Å²) in [5, 5.41) is 2.97. The first-order valence-corrected chi connectivity index (χ1v) is 7.93. The first kappa shape index (κ1) is 14.6. The van der Waals surface area contributed by atoms with Crippen molar-refractivity contribution in [3.8, 4) is 0 Å². The molecule has 6 nitrogen and oxygen atoms in total. The number of hydrogen-bond acceptors (Lipinski definition) is 3. The van der Waals surface area contributed by atoms with E-state index < -0.39 is 0 Å². The molecule has 1 N–H and O–H groups in total. The van der Waals surface area contributed by atoms with Crippen LogP contribution >= 0.6 is 0 Å². The maximum atomic E-state index is 12.3. The number of nitrogens with one attached hydrogen (secondary N) is 1. The van der Waals surface area contributed by atoms with Crippen LogP contribution in [0.25, 0.3) is 0 Å². The number of rotatable bonds is 2. The molecule has 2 saturated heterocycles. The highest BCUT2D eigenvalue weighted by Crippen LogP contribution is 2.34. The standard InChI is InChI=1S/C15H26N4O2/c1-17(2)14(21)19-6-5-18(8-12-3-4-12)10-15(11-19)7-13(20)16-9-15/h12H,3-11H2,1-2H3,(H,16,20)/t15-/m0/s1. The van der Waals surface area contributed by atoms with Crippen LogP contribution in [0.4, 0.5) is 4.79 Å². The van der Waals surface area contributed by atoms with E-state index in [1.807, 2.05) is 4.90 Å². The number of urea groups is 1. The fourth-order valence-electron chi connectivity index (χ4n) is 3.59. The van der Waals surface area contributed by atoms with Gasteiger partial charge in [0.25, 0.3) is 0 Å². The van der Waals surface area contributed by atoms with Crippen molar-refractivity contribution in [1.82, 2.24) is 20.0 Å². The zero-order valence-electron chi connectivity index (χ0n) is 13.1. The number of carbonyl (C=O) groups excluding carboxylic acids is 2. The maximum absolute atomic E-state index is 12.3. The Bertz CT molecular complexity index is 435. The molecule has 6 heteroatoms. The topological polar surface area (TPSA) is 55.9 Å². The lowest BCUT2D eigenvalue weighted by Crippen LogP contribution is -2.47.